The van der Waals surface area contributed by atoms with Gasteiger partial charge < -0.3 is 10.3 Å². The van der Waals surface area contributed by atoms with Crippen LogP contribution in [0.4, 0.5) is 5.69 Å². The molecule has 0 aliphatic heterocycles. The van der Waals surface area contributed by atoms with Crippen LogP contribution in [0.15, 0.2) is 55.0 Å². The van der Waals surface area contributed by atoms with E-state index in [4.69, 9.17) is 11.0 Å². The Morgan fingerprint density at radius 2 is 2.00 bits per heavy atom. The van der Waals surface area contributed by atoms with Crippen molar-refractivity contribution in [2.75, 3.05) is 0 Å². The summed E-state index contributed by atoms with van der Waals surface area (Å²) in [6.07, 6.45) is 3.50. The molecular formula is C19H15N5O3. The first-order valence-corrected chi connectivity index (χ1v) is 8.03. The number of carbonyl (C=O) groups is 1. The third-order valence-corrected chi connectivity index (χ3v) is 4.17. The van der Waals surface area contributed by atoms with Crippen LogP contribution in [0.25, 0.3) is 0 Å². The number of nitrogens with zero attached hydrogens (tertiary/aromatic N) is 4. The molecule has 0 atom stereocenters. The lowest BCUT2D eigenvalue weighted by Crippen LogP contribution is -2.15. The van der Waals surface area contributed by atoms with E-state index in [0.29, 0.717) is 17.7 Å². The van der Waals surface area contributed by atoms with Gasteiger partial charge in [-0.1, -0.05) is 24.3 Å². The van der Waals surface area contributed by atoms with Crippen LogP contribution < -0.4 is 5.73 Å². The van der Waals surface area contributed by atoms with E-state index in [2.05, 4.69) is 11.1 Å². The van der Waals surface area contributed by atoms with Gasteiger partial charge in [0.05, 0.1) is 22.9 Å². The predicted molar refractivity (Wildman–Crippen MR) is 96.9 cm³/mol. The number of aromatic nitrogens is 2. The van der Waals surface area contributed by atoms with Crippen LogP contribution in [0.1, 0.15) is 32.7 Å². The van der Waals surface area contributed by atoms with Gasteiger partial charge in [0.15, 0.2) is 0 Å². The molecular weight excluding hydrogens is 346 g/mol. The monoisotopic (exact) mass is 361 g/mol. The molecule has 134 valence electrons. The Bertz CT molecular complexity index is 1050. The van der Waals surface area contributed by atoms with Crippen molar-refractivity contribution >= 4 is 11.6 Å². The number of rotatable bonds is 6. The number of imidazole rings is 1. The number of nitrogens with two attached hydrogens (primary N) is 1. The van der Waals surface area contributed by atoms with Crippen molar-refractivity contribution in [3.05, 3.63) is 93.1 Å². The molecule has 3 rings (SSSR count). The van der Waals surface area contributed by atoms with Crippen LogP contribution in [-0.4, -0.2) is 20.4 Å². The summed E-state index contributed by atoms with van der Waals surface area (Å²) in [4.78, 5) is 26.5. The van der Waals surface area contributed by atoms with Crippen LogP contribution in [0, 0.1) is 21.4 Å². The van der Waals surface area contributed by atoms with E-state index < -0.39 is 10.8 Å². The van der Waals surface area contributed by atoms with Gasteiger partial charge in [-0.15, -0.1) is 0 Å². The zero-order valence-corrected chi connectivity index (χ0v) is 14.2. The molecule has 3 aromatic rings. The van der Waals surface area contributed by atoms with E-state index in [1.54, 1.807) is 36.8 Å². The SMILES string of the molecule is N#Cc1ccc(Cn2cncc2Cc2cccc(C(N)=O)c2[N+](=O)[O-])cc1. The highest BCUT2D eigenvalue weighted by Crippen LogP contribution is 2.26. The van der Waals surface area contributed by atoms with Crippen molar-refractivity contribution in [3.8, 4) is 6.07 Å². The minimum absolute atomic E-state index is 0.115. The van der Waals surface area contributed by atoms with E-state index >= 15 is 0 Å². The second-order valence-electron chi connectivity index (χ2n) is 5.93. The van der Waals surface area contributed by atoms with E-state index in [1.165, 1.54) is 6.07 Å². The van der Waals surface area contributed by atoms with Crippen LogP contribution in [0.3, 0.4) is 0 Å². The molecule has 0 saturated carbocycles. The van der Waals surface area contributed by atoms with E-state index in [0.717, 1.165) is 11.3 Å². The molecule has 1 amide bonds. The quantitative estimate of drug-likeness (QED) is 0.532. The lowest BCUT2D eigenvalue weighted by atomic mass is 10.0. The Morgan fingerprint density at radius 1 is 1.26 bits per heavy atom. The summed E-state index contributed by atoms with van der Waals surface area (Å²) in [5, 5.41) is 20.3. The van der Waals surface area contributed by atoms with Gasteiger partial charge in [-0.2, -0.15) is 5.26 Å². The lowest BCUT2D eigenvalue weighted by Gasteiger charge is -2.10. The molecule has 2 aromatic carbocycles. The van der Waals surface area contributed by atoms with Crippen LogP contribution >= 0.6 is 0 Å². The number of amides is 1. The van der Waals surface area contributed by atoms with Crippen molar-refractivity contribution in [1.29, 1.82) is 5.26 Å². The molecule has 0 bridgehead atoms. The predicted octanol–water partition coefficient (Wildman–Crippen LogP) is 2.40. The van der Waals surface area contributed by atoms with Gasteiger partial charge >= 0.3 is 0 Å². The molecule has 8 nitrogen and oxygen atoms in total. The Labute approximate surface area is 154 Å². The van der Waals surface area contributed by atoms with Gasteiger partial charge in [-0.05, 0) is 23.8 Å². The van der Waals surface area contributed by atoms with Gasteiger partial charge in [-0.3, -0.25) is 14.9 Å². The molecule has 0 radical (unpaired) electrons. The topological polar surface area (TPSA) is 128 Å². The fourth-order valence-corrected chi connectivity index (χ4v) is 2.86. The lowest BCUT2D eigenvalue weighted by molar-refractivity contribution is -0.385. The Balaban J connectivity index is 1.91. The summed E-state index contributed by atoms with van der Waals surface area (Å²) in [5.41, 5.74) is 7.55. The molecule has 0 fully saturated rings. The molecule has 1 aromatic heterocycles. The summed E-state index contributed by atoms with van der Waals surface area (Å²) in [6.45, 7) is 0.504. The molecule has 1 heterocycles. The molecule has 0 saturated heterocycles. The maximum atomic E-state index is 11.5. The second kappa shape index (κ2) is 7.49. The fourth-order valence-electron chi connectivity index (χ4n) is 2.86. The van der Waals surface area contributed by atoms with Crippen LogP contribution in [0.2, 0.25) is 0 Å². The number of benzene rings is 2. The molecule has 0 aliphatic carbocycles. The van der Waals surface area contributed by atoms with E-state index in [-0.39, 0.29) is 17.7 Å². The van der Waals surface area contributed by atoms with E-state index in [9.17, 15) is 14.9 Å². The van der Waals surface area contributed by atoms with Gasteiger partial charge in [0.25, 0.3) is 11.6 Å². The summed E-state index contributed by atoms with van der Waals surface area (Å²) in [6, 6.07) is 13.7. The first-order chi connectivity index (χ1) is 13.0. The van der Waals surface area contributed by atoms with Crippen molar-refractivity contribution in [2.45, 2.75) is 13.0 Å². The van der Waals surface area contributed by atoms with Crippen LogP contribution in [0.5, 0.6) is 0 Å². The molecule has 2 N–H and O–H groups in total. The maximum Gasteiger partial charge on any atom is 0.285 e. The summed E-state index contributed by atoms with van der Waals surface area (Å²) >= 11 is 0. The van der Waals surface area contributed by atoms with Crippen molar-refractivity contribution in [2.24, 2.45) is 5.73 Å². The number of nitro groups is 1. The summed E-state index contributed by atoms with van der Waals surface area (Å²) in [5.74, 6) is -0.838. The Hall–Kier alpha value is -3.99. The molecule has 0 unspecified atom stereocenters. The fraction of sp³-hybridized carbons (Fsp3) is 0.105. The highest BCUT2D eigenvalue weighted by atomic mass is 16.6. The summed E-state index contributed by atoms with van der Waals surface area (Å²) < 4.78 is 1.86. The van der Waals surface area contributed by atoms with Crippen LogP contribution in [-0.2, 0) is 13.0 Å². The number of primary amides is 1. The number of nitriles is 1. The van der Waals surface area contributed by atoms with Crippen molar-refractivity contribution in [3.63, 3.8) is 0 Å². The third-order valence-electron chi connectivity index (χ3n) is 4.17. The Kier molecular flexibility index (Phi) is 4.95. The van der Waals surface area contributed by atoms with Gasteiger partial charge in [0.2, 0.25) is 0 Å². The van der Waals surface area contributed by atoms with Gasteiger partial charge in [0, 0.05) is 30.4 Å². The Morgan fingerprint density at radius 3 is 2.63 bits per heavy atom. The average molecular weight is 361 g/mol. The third kappa shape index (κ3) is 3.82. The number of nitro benzene ring substituents is 1. The number of carbonyl (C=O) groups excluding carboxylic acids is 1. The largest absolute Gasteiger partial charge is 0.365 e. The molecule has 0 spiro atoms. The van der Waals surface area contributed by atoms with Gasteiger partial charge in [0.1, 0.15) is 5.56 Å². The number of hydrogen-bond donors (Lipinski definition) is 1. The zero-order chi connectivity index (χ0) is 19.4. The average Bonchev–Trinajstić information content (AvgIpc) is 3.08. The minimum Gasteiger partial charge on any atom is -0.365 e. The second-order valence-corrected chi connectivity index (χ2v) is 5.93. The highest BCUT2D eigenvalue weighted by Gasteiger charge is 2.23. The first-order valence-electron chi connectivity index (χ1n) is 8.03. The molecule has 8 heteroatoms. The normalized spacial score (nSPS) is 10.3. The first kappa shape index (κ1) is 17.8. The number of hydrogen-bond acceptors (Lipinski definition) is 5. The summed E-state index contributed by atoms with van der Waals surface area (Å²) in [7, 11) is 0. The zero-order valence-electron chi connectivity index (χ0n) is 14.2. The van der Waals surface area contributed by atoms with E-state index in [1.807, 2.05) is 16.7 Å². The highest BCUT2D eigenvalue weighted by molar-refractivity contribution is 5.97. The van der Waals surface area contributed by atoms with Gasteiger partial charge in [-0.25, -0.2) is 4.98 Å². The standard InChI is InChI=1S/C19H15N5O3/c20-9-13-4-6-14(7-5-13)11-23-12-22-10-16(23)8-15-2-1-3-17(19(21)25)18(15)24(26)27/h1-7,10,12H,8,11H2,(H2,21,25). The molecule has 27 heavy (non-hydrogen) atoms. The molecule has 0 aliphatic rings. The smallest absolute Gasteiger partial charge is 0.285 e. The van der Waals surface area contributed by atoms with Crippen molar-refractivity contribution < 1.29 is 9.72 Å². The maximum absolute atomic E-state index is 11.5. The minimum atomic E-state index is -0.838. The number of para-hydroxylation sites is 1. The van der Waals surface area contributed by atoms with Crippen molar-refractivity contribution in [1.82, 2.24) is 9.55 Å².